The number of para-hydroxylation sites is 1. The smallest absolute Gasteiger partial charge is 0.238 e. The number of anilines is 1. The van der Waals surface area contributed by atoms with Crippen molar-refractivity contribution in [3.05, 3.63) is 77.1 Å². The molecule has 6 heteroatoms. The number of hydrogen-bond acceptors (Lipinski definition) is 3. The Morgan fingerprint density at radius 1 is 1.12 bits per heavy atom. The average molecular weight is 356 g/mol. The molecule has 2 aromatic carbocycles. The van der Waals surface area contributed by atoms with Gasteiger partial charge in [0.05, 0.1) is 24.2 Å². The number of carbonyl (C=O) groups excluding carboxylic acids is 1. The third-order valence-corrected chi connectivity index (χ3v) is 4.16. The van der Waals surface area contributed by atoms with Crippen LogP contribution in [0.15, 0.2) is 60.8 Å². The SMILES string of the molecule is CON(C=O)c1ccccc1CCc1ccn(-c2ccc(Cl)cc2)n1. The highest BCUT2D eigenvalue weighted by Crippen LogP contribution is 2.21. The lowest BCUT2D eigenvalue weighted by molar-refractivity contribution is -0.112. The molecule has 5 nitrogen and oxygen atoms in total. The second-order valence-electron chi connectivity index (χ2n) is 5.47. The second kappa shape index (κ2) is 7.96. The molecule has 3 rings (SSSR count). The third kappa shape index (κ3) is 4.07. The first kappa shape index (κ1) is 17.2. The van der Waals surface area contributed by atoms with Gasteiger partial charge in [-0.1, -0.05) is 29.8 Å². The van der Waals surface area contributed by atoms with Crippen molar-refractivity contribution >= 4 is 23.7 Å². The van der Waals surface area contributed by atoms with Crippen LogP contribution >= 0.6 is 11.6 Å². The fraction of sp³-hybridized carbons (Fsp3) is 0.158. The first-order valence-electron chi connectivity index (χ1n) is 7.88. The molecule has 1 amide bonds. The number of amides is 1. The van der Waals surface area contributed by atoms with Crippen molar-refractivity contribution < 1.29 is 9.63 Å². The Bertz CT molecular complexity index is 846. The summed E-state index contributed by atoms with van der Waals surface area (Å²) in [5, 5.41) is 6.52. The summed E-state index contributed by atoms with van der Waals surface area (Å²) in [7, 11) is 1.47. The van der Waals surface area contributed by atoms with E-state index >= 15 is 0 Å². The molecule has 0 spiro atoms. The quantitative estimate of drug-likeness (QED) is 0.478. The molecule has 128 valence electrons. The molecule has 1 aromatic heterocycles. The number of hydroxylamine groups is 1. The maximum atomic E-state index is 11.1. The van der Waals surface area contributed by atoms with Crippen molar-refractivity contribution in [1.82, 2.24) is 9.78 Å². The number of carbonyl (C=O) groups is 1. The molecule has 0 saturated carbocycles. The predicted molar refractivity (Wildman–Crippen MR) is 98.0 cm³/mol. The van der Waals surface area contributed by atoms with Crippen LogP contribution in [0.5, 0.6) is 0 Å². The molecule has 0 unspecified atom stereocenters. The van der Waals surface area contributed by atoms with Gasteiger partial charge in [-0.2, -0.15) is 10.2 Å². The van der Waals surface area contributed by atoms with Crippen LogP contribution < -0.4 is 5.06 Å². The highest BCUT2D eigenvalue weighted by Gasteiger charge is 2.10. The Kier molecular flexibility index (Phi) is 5.48. The topological polar surface area (TPSA) is 47.4 Å². The van der Waals surface area contributed by atoms with Crippen molar-refractivity contribution in [1.29, 1.82) is 0 Å². The van der Waals surface area contributed by atoms with Gasteiger partial charge >= 0.3 is 0 Å². The van der Waals surface area contributed by atoms with E-state index in [0.29, 0.717) is 11.4 Å². The lowest BCUT2D eigenvalue weighted by Crippen LogP contribution is -2.20. The summed E-state index contributed by atoms with van der Waals surface area (Å²) >= 11 is 5.92. The monoisotopic (exact) mass is 355 g/mol. The van der Waals surface area contributed by atoms with Crippen molar-refractivity contribution in [2.75, 3.05) is 12.2 Å². The fourth-order valence-electron chi connectivity index (χ4n) is 2.63. The molecule has 25 heavy (non-hydrogen) atoms. The summed E-state index contributed by atoms with van der Waals surface area (Å²) in [5.74, 6) is 0. The molecule has 0 aliphatic heterocycles. The van der Waals surface area contributed by atoms with Gasteiger partial charge in [-0.05, 0) is 54.8 Å². The first-order valence-corrected chi connectivity index (χ1v) is 8.26. The van der Waals surface area contributed by atoms with Crippen LogP contribution in [0.4, 0.5) is 5.69 Å². The Labute approximate surface area is 151 Å². The molecule has 0 radical (unpaired) electrons. The van der Waals surface area contributed by atoms with E-state index < -0.39 is 0 Å². The molecule has 0 N–H and O–H groups in total. The number of rotatable bonds is 7. The molecular formula is C19H18ClN3O2. The molecule has 3 aromatic rings. The van der Waals surface area contributed by atoms with Gasteiger partial charge < -0.3 is 0 Å². The maximum Gasteiger partial charge on any atom is 0.238 e. The number of aryl methyl sites for hydroxylation is 2. The third-order valence-electron chi connectivity index (χ3n) is 3.91. The number of benzene rings is 2. The molecular weight excluding hydrogens is 338 g/mol. The fourth-order valence-corrected chi connectivity index (χ4v) is 2.76. The summed E-state index contributed by atoms with van der Waals surface area (Å²) in [6.45, 7) is 0. The molecule has 0 aliphatic carbocycles. The van der Waals surface area contributed by atoms with Crippen LogP contribution in [-0.4, -0.2) is 23.3 Å². The van der Waals surface area contributed by atoms with Crippen molar-refractivity contribution in [2.45, 2.75) is 12.8 Å². The number of hydrogen-bond donors (Lipinski definition) is 0. The zero-order valence-corrected chi connectivity index (χ0v) is 14.6. The van der Waals surface area contributed by atoms with Crippen LogP contribution in [0.3, 0.4) is 0 Å². The van der Waals surface area contributed by atoms with E-state index in [2.05, 4.69) is 5.10 Å². The lowest BCUT2D eigenvalue weighted by atomic mass is 10.1. The lowest BCUT2D eigenvalue weighted by Gasteiger charge is -2.17. The summed E-state index contributed by atoms with van der Waals surface area (Å²) in [6.07, 6.45) is 4.10. The first-order chi connectivity index (χ1) is 12.2. The molecule has 0 saturated heterocycles. The van der Waals surface area contributed by atoms with Gasteiger partial charge in [0.2, 0.25) is 6.41 Å². The van der Waals surface area contributed by atoms with E-state index in [1.54, 1.807) is 0 Å². The second-order valence-corrected chi connectivity index (χ2v) is 5.91. The normalized spacial score (nSPS) is 10.6. The summed E-state index contributed by atoms with van der Waals surface area (Å²) in [6, 6.07) is 17.2. The Morgan fingerprint density at radius 2 is 1.88 bits per heavy atom. The van der Waals surface area contributed by atoms with E-state index in [9.17, 15) is 4.79 Å². The van der Waals surface area contributed by atoms with E-state index in [1.807, 2.05) is 65.5 Å². The Hall–Kier alpha value is -2.63. The van der Waals surface area contributed by atoms with Gasteiger partial charge in [0.25, 0.3) is 0 Å². The van der Waals surface area contributed by atoms with Crippen LogP contribution in [0.25, 0.3) is 5.69 Å². The van der Waals surface area contributed by atoms with E-state index in [1.165, 1.54) is 12.2 Å². The molecule has 0 fully saturated rings. The van der Waals surface area contributed by atoms with Gasteiger partial charge in [-0.15, -0.1) is 0 Å². The standard InChI is InChI=1S/C19H18ClN3O2/c1-25-23(14-24)19-5-3-2-4-15(19)6-9-17-12-13-22(21-17)18-10-7-16(20)8-11-18/h2-5,7-8,10-14H,6,9H2,1H3. The van der Waals surface area contributed by atoms with Gasteiger partial charge in [0.1, 0.15) is 0 Å². The maximum absolute atomic E-state index is 11.1. The minimum Gasteiger partial charge on any atom is -0.276 e. The van der Waals surface area contributed by atoms with E-state index in [0.717, 1.165) is 35.5 Å². The summed E-state index contributed by atoms with van der Waals surface area (Å²) in [5.41, 5.74) is 3.71. The number of nitrogens with zero attached hydrogens (tertiary/aromatic N) is 3. The van der Waals surface area contributed by atoms with Crippen LogP contribution in [0.2, 0.25) is 5.02 Å². The van der Waals surface area contributed by atoms with Crippen LogP contribution in [0, 0.1) is 0 Å². The average Bonchev–Trinajstić information content (AvgIpc) is 3.11. The Morgan fingerprint density at radius 3 is 2.60 bits per heavy atom. The zero-order valence-electron chi connectivity index (χ0n) is 13.8. The highest BCUT2D eigenvalue weighted by molar-refractivity contribution is 6.30. The Balaban J connectivity index is 1.73. The minimum atomic E-state index is 0.661. The van der Waals surface area contributed by atoms with E-state index in [4.69, 9.17) is 16.4 Å². The van der Waals surface area contributed by atoms with Gasteiger partial charge in [-0.3, -0.25) is 9.63 Å². The van der Waals surface area contributed by atoms with Crippen LogP contribution in [0.1, 0.15) is 11.3 Å². The molecule has 0 atom stereocenters. The van der Waals surface area contributed by atoms with Crippen molar-refractivity contribution in [2.24, 2.45) is 0 Å². The summed E-state index contributed by atoms with van der Waals surface area (Å²) < 4.78 is 1.82. The number of halogens is 1. The highest BCUT2D eigenvalue weighted by atomic mass is 35.5. The van der Waals surface area contributed by atoms with Crippen molar-refractivity contribution in [3.8, 4) is 5.69 Å². The number of aromatic nitrogens is 2. The van der Waals surface area contributed by atoms with Gasteiger partial charge in [0, 0.05) is 11.2 Å². The van der Waals surface area contributed by atoms with Gasteiger partial charge in [0.15, 0.2) is 0 Å². The molecule has 0 aliphatic rings. The largest absolute Gasteiger partial charge is 0.276 e. The van der Waals surface area contributed by atoms with Gasteiger partial charge in [-0.25, -0.2) is 4.68 Å². The minimum absolute atomic E-state index is 0.661. The molecule has 1 heterocycles. The van der Waals surface area contributed by atoms with Crippen molar-refractivity contribution in [3.63, 3.8) is 0 Å². The summed E-state index contributed by atoms with van der Waals surface area (Å²) in [4.78, 5) is 16.2. The predicted octanol–water partition coefficient (Wildman–Crippen LogP) is 3.84. The zero-order chi connectivity index (χ0) is 17.6. The van der Waals surface area contributed by atoms with Crippen LogP contribution in [-0.2, 0) is 22.5 Å². The van der Waals surface area contributed by atoms with E-state index in [-0.39, 0.29) is 0 Å². The molecule has 0 bridgehead atoms.